The average molecular weight is 340 g/mol. The summed E-state index contributed by atoms with van der Waals surface area (Å²) >= 11 is 0. The zero-order valence-electron chi connectivity index (χ0n) is 15.5. The molecular formula is C22H28O3. The van der Waals surface area contributed by atoms with Gasteiger partial charge in [-0.2, -0.15) is 0 Å². The predicted molar refractivity (Wildman–Crippen MR) is 97.9 cm³/mol. The van der Waals surface area contributed by atoms with E-state index in [1.807, 2.05) is 6.07 Å². The Kier molecular flexibility index (Phi) is 3.81. The first kappa shape index (κ1) is 16.8. The number of methoxy groups -OCH3 is 2. The van der Waals surface area contributed by atoms with Gasteiger partial charge in [-0.05, 0) is 67.9 Å². The van der Waals surface area contributed by atoms with Crippen LogP contribution in [-0.2, 0) is 6.42 Å². The van der Waals surface area contributed by atoms with Crippen molar-refractivity contribution in [1.82, 2.24) is 0 Å². The molecular weight excluding hydrogens is 312 g/mol. The number of ether oxygens (including phenoxy) is 2. The number of rotatable bonds is 2. The number of fused-ring (bicyclic) bond motifs is 5. The minimum absolute atomic E-state index is 0.153. The lowest BCUT2D eigenvalue weighted by molar-refractivity contribution is -0.0648. The molecule has 3 nitrogen and oxygen atoms in total. The highest BCUT2D eigenvalue weighted by molar-refractivity contribution is 5.50. The van der Waals surface area contributed by atoms with Crippen molar-refractivity contribution in [2.45, 2.75) is 57.0 Å². The highest BCUT2D eigenvalue weighted by Crippen LogP contribution is 2.64. The zero-order chi connectivity index (χ0) is 17.8. The number of terminal acetylenes is 1. The maximum Gasteiger partial charge on any atom is 0.130 e. The van der Waals surface area contributed by atoms with Crippen LogP contribution in [0, 0.1) is 29.6 Å². The van der Waals surface area contributed by atoms with E-state index in [1.54, 1.807) is 14.2 Å². The number of hydrogen-bond donors (Lipinski definition) is 1. The fourth-order valence-corrected chi connectivity index (χ4v) is 6.19. The Labute approximate surface area is 150 Å². The van der Waals surface area contributed by atoms with E-state index in [4.69, 9.17) is 15.9 Å². The molecule has 3 heteroatoms. The molecule has 0 bridgehead atoms. The van der Waals surface area contributed by atoms with Gasteiger partial charge in [-0.3, -0.25) is 0 Å². The van der Waals surface area contributed by atoms with Crippen LogP contribution in [0.1, 0.15) is 56.1 Å². The first-order chi connectivity index (χ1) is 12.0. The summed E-state index contributed by atoms with van der Waals surface area (Å²) in [5.41, 5.74) is 1.65. The molecule has 2 fully saturated rings. The van der Waals surface area contributed by atoms with Crippen molar-refractivity contribution >= 4 is 0 Å². The van der Waals surface area contributed by atoms with Gasteiger partial charge in [0, 0.05) is 17.0 Å². The van der Waals surface area contributed by atoms with E-state index in [0.29, 0.717) is 17.8 Å². The van der Waals surface area contributed by atoms with Crippen LogP contribution in [0.3, 0.4) is 0 Å². The first-order valence-corrected chi connectivity index (χ1v) is 9.42. The third-order valence-corrected chi connectivity index (χ3v) is 7.60. The Balaban J connectivity index is 1.75. The van der Waals surface area contributed by atoms with E-state index in [-0.39, 0.29) is 5.41 Å². The van der Waals surface area contributed by atoms with E-state index >= 15 is 0 Å². The van der Waals surface area contributed by atoms with Crippen LogP contribution in [0.15, 0.2) is 12.1 Å². The van der Waals surface area contributed by atoms with Gasteiger partial charge in [-0.1, -0.05) is 12.8 Å². The maximum atomic E-state index is 11.0. The molecule has 0 radical (unpaired) electrons. The van der Waals surface area contributed by atoms with Crippen molar-refractivity contribution in [3.05, 3.63) is 23.3 Å². The molecule has 1 N–H and O–H groups in total. The Morgan fingerprint density at radius 3 is 2.64 bits per heavy atom. The summed E-state index contributed by atoms with van der Waals surface area (Å²) in [6.45, 7) is 2.22. The second-order valence-electron chi connectivity index (χ2n) is 8.32. The monoisotopic (exact) mass is 340 g/mol. The lowest BCUT2D eigenvalue weighted by atomic mass is 9.53. The first-order valence-electron chi connectivity index (χ1n) is 9.42. The second kappa shape index (κ2) is 5.68. The number of aliphatic hydroxyl groups is 1. The van der Waals surface area contributed by atoms with E-state index in [9.17, 15) is 5.11 Å². The fourth-order valence-electron chi connectivity index (χ4n) is 6.19. The van der Waals surface area contributed by atoms with Crippen LogP contribution in [0.2, 0.25) is 0 Å². The van der Waals surface area contributed by atoms with Crippen LogP contribution in [0.4, 0.5) is 0 Å². The van der Waals surface area contributed by atoms with Crippen LogP contribution in [0.25, 0.3) is 0 Å². The molecule has 3 aliphatic carbocycles. The van der Waals surface area contributed by atoms with Crippen LogP contribution in [-0.4, -0.2) is 24.9 Å². The summed E-state index contributed by atoms with van der Waals surface area (Å²) in [5.74, 6) is 6.15. The number of hydrogen-bond acceptors (Lipinski definition) is 3. The molecule has 0 unspecified atom stereocenters. The average Bonchev–Trinajstić information content (AvgIpc) is 2.92. The van der Waals surface area contributed by atoms with Gasteiger partial charge in [0.25, 0.3) is 0 Å². The Hall–Kier alpha value is -1.66. The SMILES string of the molecule is C#C[C@]1(O)CC[C@H]2[C@H]3CCc4cc(OC)cc(OC)c4[C@H]3CC[C@@]21C. The molecule has 0 aliphatic heterocycles. The fraction of sp³-hybridized carbons (Fsp3) is 0.636. The highest BCUT2D eigenvalue weighted by Gasteiger charge is 2.61. The van der Waals surface area contributed by atoms with E-state index in [1.165, 1.54) is 11.1 Å². The summed E-state index contributed by atoms with van der Waals surface area (Å²) in [6.07, 6.45) is 11.8. The van der Waals surface area contributed by atoms with Crippen LogP contribution in [0.5, 0.6) is 11.5 Å². The van der Waals surface area contributed by atoms with Crippen molar-refractivity contribution in [3.8, 4) is 23.8 Å². The molecule has 3 aliphatic rings. The third-order valence-electron chi connectivity index (χ3n) is 7.60. The van der Waals surface area contributed by atoms with Crippen molar-refractivity contribution in [2.75, 3.05) is 14.2 Å². The molecule has 1 aromatic rings. The standard InChI is InChI=1S/C22H28O3/c1-5-22(23)11-9-18-16-7-6-14-12-15(24-3)13-19(25-4)20(14)17(16)8-10-21(18,22)2/h1,12-13,16-18,23H,6-11H2,2-4H3/t16-,17-,18-,21-,22-/m0/s1. The third kappa shape index (κ3) is 2.16. The molecule has 0 heterocycles. The van der Waals surface area contributed by atoms with Crippen LogP contribution >= 0.6 is 0 Å². The van der Waals surface area contributed by atoms with Crippen molar-refractivity contribution in [2.24, 2.45) is 17.3 Å². The Bertz CT molecular complexity index is 716. The molecule has 25 heavy (non-hydrogen) atoms. The minimum Gasteiger partial charge on any atom is -0.497 e. The normalized spacial score (nSPS) is 38.9. The summed E-state index contributed by atoms with van der Waals surface area (Å²) in [6, 6.07) is 4.19. The summed E-state index contributed by atoms with van der Waals surface area (Å²) in [7, 11) is 3.45. The van der Waals surface area contributed by atoms with E-state index in [0.717, 1.165) is 50.0 Å². The van der Waals surface area contributed by atoms with Crippen molar-refractivity contribution in [1.29, 1.82) is 0 Å². The summed E-state index contributed by atoms with van der Waals surface area (Å²) < 4.78 is 11.2. The van der Waals surface area contributed by atoms with Gasteiger partial charge in [0.2, 0.25) is 0 Å². The van der Waals surface area contributed by atoms with Gasteiger partial charge < -0.3 is 14.6 Å². The Morgan fingerprint density at radius 2 is 1.96 bits per heavy atom. The zero-order valence-corrected chi connectivity index (χ0v) is 15.5. The topological polar surface area (TPSA) is 38.7 Å². The lowest BCUT2D eigenvalue weighted by Crippen LogP contribution is -2.50. The molecule has 1 aromatic carbocycles. The number of aryl methyl sites for hydroxylation is 1. The largest absolute Gasteiger partial charge is 0.497 e. The van der Waals surface area contributed by atoms with Gasteiger partial charge in [-0.25, -0.2) is 0 Å². The molecule has 2 saturated carbocycles. The molecule has 5 atom stereocenters. The van der Waals surface area contributed by atoms with Gasteiger partial charge in [0.05, 0.1) is 14.2 Å². The van der Waals surface area contributed by atoms with Crippen molar-refractivity contribution in [3.63, 3.8) is 0 Å². The molecule has 0 aromatic heterocycles. The molecule has 4 rings (SSSR count). The molecule has 0 spiro atoms. The molecule has 0 amide bonds. The lowest BCUT2D eigenvalue weighted by Gasteiger charge is -2.52. The molecule has 134 valence electrons. The van der Waals surface area contributed by atoms with Crippen LogP contribution < -0.4 is 9.47 Å². The van der Waals surface area contributed by atoms with Gasteiger partial charge >= 0.3 is 0 Å². The smallest absolute Gasteiger partial charge is 0.130 e. The molecule has 0 saturated heterocycles. The highest BCUT2D eigenvalue weighted by atomic mass is 16.5. The minimum atomic E-state index is -0.938. The maximum absolute atomic E-state index is 11.0. The summed E-state index contributed by atoms with van der Waals surface area (Å²) in [5, 5.41) is 11.0. The van der Waals surface area contributed by atoms with Gasteiger partial charge in [0.15, 0.2) is 0 Å². The quantitative estimate of drug-likeness (QED) is 0.829. The van der Waals surface area contributed by atoms with E-state index < -0.39 is 5.60 Å². The van der Waals surface area contributed by atoms with E-state index in [2.05, 4.69) is 18.9 Å². The second-order valence-corrected chi connectivity index (χ2v) is 8.32. The number of benzene rings is 1. The van der Waals surface area contributed by atoms with Gasteiger partial charge in [-0.15, -0.1) is 6.42 Å². The van der Waals surface area contributed by atoms with Gasteiger partial charge in [0.1, 0.15) is 17.1 Å². The van der Waals surface area contributed by atoms with Crippen molar-refractivity contribution < 1.29 is 14.6 Å². The predicted octanol–water partition coefficient (Wildman–Crippen LogP) is 3.92. The summed E-state index contributed by atoms with van der Waals surface area (Å²) in [4.78, 5) is 0. The Morgan fingerprint density at radius 1 is 1.16 bits per heavy atom.